The summed E-state index contributed by atoms with van der Waals surface area (Å²) in [6, 6.07) is 6.66. The van der Waals surface area contributed by atoms with E-state index >= 15 is 0 Å². The Balaban J connectivity index is 1.30. The molecule has 1 N–H and O–H groups in total. The summed E-state index contributed by atoms with van der Waals surface area (Å²) in [6.45, 7) is 1.80. The molecule has 2 aromatic heterocycles. The molecule has 0 spiro atoms. The summed E-state index contributed by atoms with van der Waals surface area (Å²) < 4.78 is 44.5. The van der Waals surface area contributed by atoms with Gasteiger partial charge < -0.3 is 19.5 Å². The number of imidazole rings is 1. The number of fused-ring (bicyclic) bond motifs is 1. The number of Topliss-reactive ketones (excluding diaryl/α,β-unsaturated/α-hetero) is 1. The number of benzene rings is 1. The van der Waals surface area contributed by atoms with Crippen LogP contribution in [0.2, 0.25) is 0 Å². The Morgan fingerprint density at radius 2 is 2.00 bits per heavy atom. The van der Waals surface area contributed by atoms with E-state index < -0.39 is 12.5 Å². The zero-order valence-electron chi connectivity index (χ0n) is 22.7. The Hall–Kier alpha value is -3.73. The Kier molecular flexibility index (Phi) is 8.49. The summed E-state index contributed by atoms with van der Waals surface area (Å²) in [4.78, 5) is 31.4. The van der Waals surface area contributed by atoms with E-state index in [1.54, 1.807) is 35.0 Å². The number of nitrogens with zero attached hydrogens (tertiary/aromatic N) is 3. The molecule has 5 rings (SSSR count). The van der Waals surface area contributed by atoms with Crippen molar-refractivity contribution in [2.45, 2.75) is 51.7 Å². The van der Waals surface area contributed by atoms with E-state index in [4.69, 9.17) is 14.2 Å². The molecule has 0 bridgehead atoms. The van der Waals surface area contributed by atoms with E-state index in [-0.39, 0.29) is 23.1 Å². The number of halogens is 2. The number of rotatable bonds is 11. The number of carbonyl (C=O) groups is 2. The van der Waals surface area contributed by atoms with Crippen LogP contribution >= 0.6 is 0 Å². The molecule has 1 unspecified atom stereocenters. The van der Waals surface area contributed by atoms with E-state index in [1.807, 2.05) is 0 Å². The SMILES string of the molecule is COc1cc(-c2cnc3cc(OCCCN4CC(=O)CCC(C)C4)ccn23)cc(OC(F)F)c1C(=O)NC1CC1. The van der Waals surface area contributed by atoms with Crippen molar-refractivity contribution in [3.05, 3.63) is 42.2 Å². The number of amides is 1. The fraction of sp³-hybridized carbons (Fsp3) is 0.483. The van der Waals surface area contributed by atoms with Gasteiger partial charge >= 0.3 is 6.61 Å². The molecule has 1 amide bonds. The van der Waals surface area contributed by atoms with Crippen LogP contribution in [0.3, 0.4) is 0 Å². The summed E-state index contributed by atoms with van der Waals surface area (Å²) in [7, 11) is 1.38. The van der Waals surface area contributed by atoms with Crippen LogP contribution in [0.25, 0.3) is 16.9 Å². The van der Waals surface area contributed by atoms with Crippen LogP contribution in [-0.4, -0.2) is 72.0 Å². The van der Waals surface area contributed by atoms with Crippen molar-refractivity contribution in [2.75, 3.05) is 33.4 Å². The first kappa shape index (κ1) is 27.8. The molecule has 1 saturated heterocycles. The first-order valence-corrected chi connectivity index (χ1v) is 13.6. The predicted molar refractivity (Wildman–Crippen MR) is 144 cm³/mol. The van der Waals surface area contributed by atoms with Crippen molar-refractivity contribution in [1.29, 1.82) is 0 Å². The maximum Gasteiger partial charge on any atom is 0.387 e. The monoisotopic (exact) mass is 556 g/mol. The van der Waals surface area contributed by atoms with Gasteiger partial charge in [-0.1, -0.05) is 6.92 Å². The third-order valence-electron chi connectivity index (χ3n) is 7.20. The summed E-state index contributed by atoms with van der Waals surface area (Å²) in [6.07, 6.45) is 7.50. The molecule has 9 nitrogen and oxygen atoms in total. The Bertz CT molecular complexity index is 1370. The molecule has 0 radical (unpaired) electrons. The second-order valence-electron chi connectivity index (χ2n) is 10.5. The summed E-state index contributed by atoms with van der Waals surface area (Å²) >= 11 is 0. The van der Waals surface area contributed by atoms with E-state index in [1.165, 1.54) is 13.2 Å². The van der Waals surface area contributed by atoms with Gasteiger partial charge in [0.05, 0.1) is 32.2 Å². The fourth-order valence-electron chi connectivity index (χ4n) is 5.04. The van der Waals surface area contributed by atoms with Gasteiger partial charge in [-0.15, -0.1) is 0 Å². The van der Waals surface area contributed by atoms with Crippen LogP contribution in [-0.2, 0) is 4.79 Å². The minimum atomic E-state index is -3.11. The number of hydrogen-bond donors (Lipinski definition) is 1. The number of methoxy groups -OCH3 is 1. The van der Waals surface area contributed by atoms with Gasteiger partial charge in [0.25, 0.3) is 5.91 Å². The molecule has 1 aliphatic heterocycles. The second-order valence-corrected chi connectivity index (χ2v) is 10.5. The number of hydrogen-bond acceptors (Lipinski definition) is 7. The second kappa shape index (κ2) is 12.2. The molecule has 214 valence electrons. The first-order chi connectivity index (χ1) is 19.3. The van der Waals surface area contributed by atoms with Crippen molar-refractivity contribution in [1.82, 2.24) is 19.6 Å². The topological polar surface area (TPSA) is 94.4 Å². The maximum absolute atomic E-state index is 13.3. The van der Waals surface area contributed by atoms with Crippen molar-refractivity contribution >= 4 is 17.3 Å². The third-order valence-corrected chi connectivity index (χ3v) is 7.20. The Labute approximate surface area is 231 Å². The quantitative estimate of drug-likeness (QED) is 0.346. The van der Waals surface area contributed by atoms with Crippen molar-refractivity contribution < 1.29 is 32.6 Å². The highest BCUT2D eigenvalue weighted by Gasteiger charge is 2.29. The number of nitrogens with one attached hydrogen (secondary N) is 1. The molecule has 11 heteroatoms. The van der Waals surface area contributed by atoms with Gasteiger partial charge in [-0.2, -0.15) is 8.78 Å². The van der Waals surface area contributed by atoms with E-state index in [0.717, 1.165) is 38.8 Å². The minimum absolute atomic E-state index is 0.0358. The summed E-state index contributed by atoms with van der Waals surface area (Å²) in [5.41, 5.74) is 1.64. The molecule has 3 heterocycles. The normalized spacial score (nSPS) is 18.1. The van der Waals surface area contributed by atoms with E-state index in [9.17, 15) is 18.4 Å². The smallest absolute Gasteiger partial charge is 0.387 e. The number of ketones is 1. The van der Waals surface area contributed by atoms with Crippen LogP contribution in [0.15, 0.2) is 36.7 Å². The van der Waals surface area contributed by atoms with Gasteiger partial charge in [-0.25, -0.2) is 4.98 Å². The van der Waals surface area contributed by atoms with Gasteiger partial charge in [0, 0.05) is 43.4 Å². The highest BCUT2D eigenvalue weighted by molar-refractivity contribution is 6.01. The zero-order chi connectivity index (χ0) is 28.2. The average Bonchev–Trinajstić information content (AvgIpc) is 3.66. The molecule has 1 atom stereocenters. The number of pyridine rings is 1. The number of alkyl halides is 2. The molecule has 3 aromatic rings. The zero-order valence-corrected chi connectivity index (χ0v) is 22.7. The number of carbonyl (C=O) groups excluding carboxylic acids is 2. The van der Waals surface area contributed by atoms with Crippen LogP contribution in [0.5, 0.6) is 17.2 Å². The first-order valence-electron chi connectivity index (χ1n) is 13.6. The van der Waals surface area contributed by atoms with Crippen LogP contribution in [0, 0.1) is 5.92 Å². The van der Waals surface area contributed by atoms with Crippen LogP contribution in [0.4, 0.5) is 8.78 Å². The maximum atomic E-state index is 13.3. The van der Waals surface area contributed by atoms with E-state index in [0.29, 0.717) is 53.9 Å². The molecular weight excluding hydrogens is 522 g/mol. The van der Waals surface area contributed by atoms with Crippen molar-refractivity contribution in [2.24, 2.45) is 5.92 Å². The Morgan fingerprint density at radius 1 is 1.20 bits per heavy atom. The van der Waals surface area contributed by atoms with Gasteiger partial charge in [-0.3, -0.25) is 18.9 Å². The van der Waals surface area contributed by atoms with Crippen LogP contribution in [0.1, 0.15) is 49.4 Å². The fourth-order valence-corrected chi connectivity index (χ4v) is 5.04. The lowest BCUT2D eigenvalue weighted by molar-refractivity contribution is -0.119. The standard InChI is InChI=1S/C29H34F2N4O5/c1-18-4-7-21(36)17-34(16-18)9-3-11-39-22-8-10-35-23(15-32-26(35)14-22)19-12-24(38-2)27(25(13-19)40-29(30)31)28(37)33-20-5-6-20/h8,10,12-15,18,20,29H,3-7,9,11,16-17H2,1-2H3,(H,33,37). The minimum Gasteiger partial charge on any atom is -0.496 e. The van der Waals surface area contributed by atoms with Crippen molar-refractivity contribution in [3.8, 4) is 28.5 Å². The van der Waals surface area contributed by atoms with Gasteiger partial charge in [0.1, 0.15) is 34.2 Å². The average molecular weight is 557 g/mol. The number of ether oxygens (including phenoxy) is 3. The molecule has 1 saturated carbocycles. The molecule has 40 heavy (non-hydrogen) atoms. The van der Waals surface area contributed by atoms with Gasteiger partial charge in [0.2, 0.25) is 0 Å². The summed E-state index contributed by atoms with van der Waals surface area (Å²) in [5, 5.41) is 2.80. The van der Waals surface area contributed by atoms with E-state index in [2.05, 4.69) is 22.1 Å². The predicted octanol–water partition coefficient (Wildman–Crippen LogP) is 4.57. The summed E-state index contributed by atoms with van der Waals surface area (Å²) in [5.74, 6) is 0.806. The number of likely N-dealkylation sites (tertiary alicyclic amines) is 1. The highest BCUT2D eigenvalue weighted by Crippen LogP contribution is 2.37. The highest BCUT2D eigenvalue weighted by atomic mass is 19.3. The lowest BCUT2D eigenvalue weighted by atomic mass is 10.1. The van der Waals surface area contributed by atoms with Crippen LogP contribution < -0.4 is 19.5 Å². The lowest BCUT2D eigenvalue weighted by Gasteiger charge is -2.21. The van der Waals surface area contributed by atoms with Crippen molar-refractivity contribution in [3.63, 3.8) is 0 Å². The molecule has 2 aliphatic rings. The lowest BCUT2D eigenvalue weighted by Crippen LogP contribution is -2.32. The molecule has 1 aromatic carbocycles. The largest absolute Gasteiger partial charge is 0.496 e. The number of aromatic nitrogens is 2. The third kappa shape index (κ3) is 6.70. The molecular formula is C29H34F2N4O5. The molecule has 1 aliphatic carbocycles. The van der Waals surface area contributed by atoms with Gasteiger partial charge in [-0.05, 0) is 49.8 Å². The Morgan fingerprint density at radius 3 is 2.75 bits per heavy atom. The van der Waals surface area contributed by atoms with Gasteiger partial charge in [0.15, 0.2) is 0 Å². The molecule has 2 fully saturated rings.